The van der Waals surface area contributed by atoms with Crippen LogP contribution < -0.4 is 5.73 Å². The molecule has 1 aliphatic rings. The number of hydrogen-bond acceptors (Lipinski definition) is 3. The molecule has 0 aromatic carbocycles. The fourth-order valence-corrected chi connectivity index (χ4v) is 3.08. The maximum Gasteiger partial charge on any atom is 0.254 e. The van der Waals surface area contributed by atoms with Crippen LogP contribution in [0.5, 0.6) is 0 Å². The van der Waals surface area contributed by atoms with Crippen molar-refractivity contribution in [2.45, 2.75) is 38.6 Å². The number of nitrogens with two attached hydrogens (primary N) is 1. The predicted octanol–water partition coefficient (Wildman–Crippen LogP) is 2.97. The molecular weight excluding hydrogens is 262 g/mol. The Labute approximate surface area is 118 Å². The second-order valence-corrected chi connectivity index (χ2v) is 5.74. The van der Waals surface area contributed by atoms with Gasteiger partial charge >= 0.3 is 0 Å². The first-order valence-electron chi connectivity index (χ1n) is 6.69. The largest absolute Gasteiger partial charge is 0.384 e. The number of hydrogen-bond donors (Lipinski definition) is 1. The third kappa shape index (κ3) is 3.18. The summed E-state index contributed by atoms with van der Waals surface area (Å²) < 4.78 is 0. The summed E-state index contributed by atoms with van der Waals surface area (Å²) in [5.41, 5.74) is 6.15. The van der Waals surface area contributed by atoms with E-state index in [4.69, 9.17) is 17.3 Å². The summed E-state index contributed by atoms with van der Waals surface area (Å²) in [6.07, 6.45) is 4.69. The van der Waals surface area contributed by atoms with Gasteiger partial charge in [-0.2, -0.15) is 0 Å². The Bertz CT molecular complexity index is 458. The highest BCUT2D eigenvalue weighted by Crippen LogP contribution is 2.28. The fourth-order valence-electron chi connectivity index (χ4n) is 2.87. The third-order valence-corrected chi connectivity index (χ3v) is 4.14. The predicted molar refractivity (Wildman–Crippen MR) is 77.2 cm³/mol. The van der Waals surface area contributed by atoms with E-state index < -0.39 is 0 Å². The normalized spacial score (nSPS) is 23.1. The second-order valence-electron chi connectivity index (χ2n) is 5.35. The highest BCUT2D eigenvalue weighted by Gasteiger charge is 2.28. The van der Waals surface area contributed by atoms with Gasteiger partial charge in [0.25, 0.3) is 5.91 Å². The Balaban J connectivity index is 2.18. The lowest BCUT2D eigenvalue weighted by Gasteiger charge is -2.36. The molecule has 2 unspecified atom stereocenters. The number of carbonyl (C=O) groups excluding carboxylic acids is 1. The first-order valence-corrected chi connectivity index (χ1v) is 7.07. The lowest BCUT2D eigenvalue weighted by molar-refractivity contribution is 0.0629. The average Bonchev–Trinajstić information content (AvgIpc) is 2.36. The van der Waals surface area contributed by atoms with Gasteiger partial charge in [0, 0.05) is 18.7 Å². The minimum Gasteiger partial charge on any atom is -0.384 e. The summed E-state index contributed by atoms with van der Waals surface area (Å²) >= 11 is 5.85. The van der Waals surface area contributed by atoms with Crippen LogP contribution in [0.3, 0.4) is 0 Å². The summed E-state index contributed by atoms with van der Waals surface area (Å²) in [6, 6.07) is 3.46. The molecule has 5 heteroatoms. The van der Waals surface area contributed by atoms with Crippen molar-refractivity contribution in [2.75, 3.05) is 12.8 Å². The zero-order valence-corrected chi connectivity index (χ0v) is 12.2. The zero-order chi connectivity index (χ0) is 14.0. The Hall–Kier alpha value is -1.29. The van der Waals surface area contributed by atoms with E-state index >= 15 is 0 Å². The van der Waals surface area contributed by atoms with E-state index in [-0.39, 0.29) is 16.9 Å². The monoisotopic (exact) mass is 281 g/mol. The van der Waals surface area contributed by atoms with Gasteiger partial charge in [-0.15, -0.1) is 0 Å². The molecule has 2 atom stereocenters. The maximum absolute atomic E-state index is 12.5. The SMILES string of the molecule is CC1CCCCC1N(C)C(=O)c1cc(N)nc(Cl)c1. The fraction of sp³-hybridized carbons (Fsp3) is 0.571. The van der Waals surface area contributed by atoms with Crippen LogP contribution in [0.4, 0.5) is 5.82 Å². The number of nitrogen functional groups attached to an aromatic ring is 1. The van der Waals surface area contributed by atoms with Crippen molar-refractivity contribution in [1.82, 2.24) is 9.88 Å². The lowest BCUT2D eigenvalue weighted by atomic mass is 9.85. The first-order chi connectivity index (χ1) is 8.99. The molecule has 0 aliphatic heterocycles. The zero-order valence-electron chi connectivity index (χ0n) is 11.4. The van der Waals surface area contributed by atoms with Crippen LogP contribution in [0.1, 0.15) is 43.0 Å². The lowest BCUT2D eigenvalue weighted by Crippen LogP contribution is -2.42. The number of anilines is 1. The molecule has 19 heavy (non-hydrogen) atoms. The molecule has 1 aliphatic carbocycles. The van der Waals surface area contributed by atoms with E-state index in [0.29, 0.717) is 17.5 Å². The van der Waals surface area contributed by atoms with Crippen LogP contribution in [0.2, 0.25) is 5.15 Å². The van der Waals surface area contributed by atoms with Crippen LogP contribution in [-0.4, -0.2) is 28.9 Å². The van der Waals surface area contributed by atoms with Crippen molar-refractivity contribution >= 4 is 23.3 Å². The van der Waals surface area contributed by atoms with E-state index in [9.17, 15) is 4.79 Å². The molecule has 1 aromatic heterocycles. The van der Waals surface area contributed by atoms with E-state index in [0.717, 1.165) is 6.42 Å². The van der Waals surface area contributed by atoms with Gasteiger partial charge in [0.1, 0.15) is 11.0 Å². The van der Waals surface area contributed by atoms with Gasteiger partial charge in [-0.25, -0.2) is 4.98 Å². The molecule has 104 valence electrons. The molecule has 2 N–H and O–H groups in total. The van der Waals surface area contributed by atoms with Crippen molar-refractivity contribution < 1.29 is 4.79 Å². The Morgan fingerprint density at radius 2 is 2.11 bits per heavy atom. The van der Waals surface area contributed by atoms with Crippen LogP contribution in [0.25, 0.3) is 0 Å². The Morgan fingerprint density at radius 1 is 1.42 bits per heavy atom. The highest BCUT2D eigenvalue weighted by molar-refractivity contribution is 6.29. The van der Waals surface area contributed by atoms with Gasteiger partial charge in [0.05, 0.1) is 0 Å². The number of pyridine rings is 1. The molecular formula is C14H20ClN3O. The van der Waals surface area contributed by atoms with Crippen LogP contribution >= 0.6 is 11.6 Å². The number of amides is 1. The molecule has 1 aromatic rings. The summed E-state index contributed by atoms with van der Waals surface area (Å²) in [5, 5.41) is 0.258. The average molecular weight is 282 g/mol. The smallest absolute Gasteiger partial charge is 0.254 e. The van der Waals surface area contributed by atoms with Crippen molar-refractivity contribution in [3.8, 4) is 0 Å². The molecule has 1 amide bonds. The Kier molecular flexibility index (Phi) is 4.30. The van der Waals surface area contributed by atoms with Crippen molar-refractivity contribution in [2.24, 2.45) is 5.92 Å². The minimum atomic E-state index is -0.0326. The summed E-state index contributed by atoms with van der Waals surface area (Å²) in [4.78, 5) is 18.2. The number of aromatic nitrogens is 1. The molecule has 0 saturated heterocycles. The minimum absolute atomic E-state index is 0.0326. The number of carbonyl (C=O) groups is 1. The molecule has 1 saturated carbocycles. The third-order valence-electron chi connectivity index (χ3n) is 3.94. The quantitative estimate of drug-likeness (QED) is 0.848. The van der Waals surface area contributed by atoms with Crippen molar-refractivity contribution in [3.63, 3.8) is 0 Å². The van der Waals surface area contributed by atoms with Crippen molar-refractivity contribution in [1.29, 1.82) is 0 Å². The van der Waals surface area contributed by atoms with E-state index in [1.54, 1.807) is 12.1 Å². The maximum atomic E-state index is 12.5. The topological polar surface area (TPSA) is 59.2 Å². The van der Waals surface area contributed by atoms with Gasteiger partial charge in [-0.3, -0.25) is 4.79 Å². The van der Waals surface area contributed by atoms with Crippen LogP contribution in [0.15, 0.2) is 12.1 Å². The van der Waals surface area contributed by atoms with E-state index in [1.165, 1.54) is 19.3 Å². The van der Waals surface area contributed by atoms with Crippen LogP contribution in [-0.2, 0) is 0 Å². The first kappa shape index (κ1) is 14.1. The summed E-state index contributed by atoms with van der Waals surface area (Å²) in [7, 11) is 1.86. The molecule has 0 bridgehead atoms. The number of halogens is 1. The number of rotatable bonds is 2. The van der Waals surface area contributed by atoms with Gasteiger partial charge in [0.2, 0.25) is 0 Å². The van der Waals surface area contributed by atoms with Gasteiger partial charge in [-0.05, 0) is 30.9 Å². The molecule has 1 heterocycles. The summed E-state index contributed by atoms with van der Waals surface area (Å²) in [6.45, 7) is 2.21. The second kappa shape index (κ2) is 5.78. The number of nitrogens with zero attached hydrogens (tertiary/aromatic N) is 2. The van der Waals surface area contributed by atoms with E-state index in [1.807, 2.05) is 11.9 Å². The molecule has 0 spiro atoms. The molecule has 1 fully saturated rings. The van der Waals surface area contributed by atoms with Crippen molar-refractivity contribution in [3.05, 3.63) is 22.8 Å². The molecule has 4 nitrogen and oxygen atoms in total. The van der Waals surface area contributed by atoms with Gasteiger partial charge < -0.3 is 10.6 Å². The standard InChI is InChI=1S/C14H20ClN3O/c1-9-5-3-4-6-11(9)18(2)14(19)10-7-12(15)17-13(16)8-10/h7-9,11H,3-6H2,1-2H3,(H2,16,17). The molecule has 2 rings (SSSR count). The van der Waals surface area contributed by atoms with Gasteiger partial charge in [-0.1, -0.05) is 31.4 Å². The highest BCUT2D eigenvalue weighted by atomic mass is 35.5. The Morgan fingerprint density at radius 3 is 2.74 bits per heavy atom. The summed E-state index contributed by atoms with van der Waals surface area (Å²) in [5.74, 6) is 0.785. The van der Waals surface area contributed by atoms with E-state index in [2.05, 4.69) is 11.9 Å². The van der Waals surface area contributed by atoms with Crippen LogP contribution in [0, 0.1) is 5.92 Å². The van der Waals surface area contributed by atoms with Gasteiger partial charge in [0.15, 0.2) is 0 Å². The molecule has 0 radical (unpaired) electrons.